The van der Waals surface area contributed by atoms with E-state index >= 15 is 0 Å². The average molecular weight is 263 g/mol. The minimum absolute atomic E-state index is 0.0597. The summed E-state index contributed by atoms with van der Waals surface area (Å²) in [5.74, 6) is -1.14. The number of benzene rings is 2. The molecule has 0 aromatic heterocycles. The second kappa shape index (κ2) is 5.26. The Hall–Kier alpha value is -2.10. The van der Waals surface area contributed by atoms with Gasteiger partial charge in [-0.1, -0.05) is 13.0 Å². The molecule has 0 heterocycles. The first-order valence-electron chi connectivity index (χ1n) is 5.98. The number of anilines is 1. The van der Waals surface area contributed by atoms with E-state index in [0.717, 1.165) is 5.56 Å². The number of hydrogen-bond acceptors (Lipinski definition) is 2. The Labute approximate surface area is 110 Å². The summed E-state index contributed by atoms with van der Waals surface area (Å²) in [6, 6.07) is 7.32. The molecule has 19 heavy (non-hydrogen) atoms. The maximum atomic E-state index is 14.0. The van der Waals surface area contributed by atoms with E-state index in [0.29, 0.717) is 17.7 Å². The summed E-state index contributed by atoms with van der Waals surface area (Å²) in [5, 5.41) is 0. The van der Waals surface area contributed by atoms with E-state index in [2.05, 4.69) is 0 Å². The lowest BCUT2D eigenvalue weighted by Gasteiger charge is -2.10. The molecule has 0 aliphatic heterocycles. The van der Waals surface area contributed by atoms with Gasteiger partial charge in [-0.3, -0.25) is 0 Å². The SMILES string of the molecule is CCc1cc(-c2c(F)cc(OC)cc2F)ccc1N. The molecule has 0 radical (unpaired) electrons. The van der Waals surface area contributed by atoms with Crippen molar-refractivity contribution in [1.29, 1.82) is 0 Å². The number of aryl methyl sites for hydroxylation is 1. The maximum Gasteiger partial charge on any atom is 0.137 e. The van der Waals surface area contributed by atoms with Crippen molar-refractivity contribution in [3.05, 3.63) is 47.5 Å². The van der Waals surface area contributed by atoms with Crippen LogP contribution >= 0.6 is 0 Å². The molecule has 2 aromatic carbocycles. The molecule has 2 N–H and O–H groups in total. The molecule has 0 aliphatic rings. The Kier molecular flexibility index (Phi) is 3.69. The molecule has 0 bridgehead atoms. The third kappa shape index (κ3) is 2.52. The van der Waals surface area contributed by atoms with E-state index in [1.165, 1.54) is 19.2 Å². The molecule has 0 amide bonds. The van der Waals surface area contributed by atoms with Crippen LogP contribution in [0.4, 0.5) is 14.5 Å². The van der Waals surface area contributed by atoms with Crippen molar-refractivity contribution in [2.45, 2.75) is 13.3 Å². The van der Waals surface area contributed by atoms with Crippen LogP contribution in [-0.4, -0.2) is 7.11 Å². The lowest BCUT2D eigenvalue weighted by atomic mass is 9.99. The van der Waals surface area contributed by atoms with Crippen molar-refractivity contribution in [3.8, 4) is 16.9 Å². The number of nitrogen functional groups attached to an aromatic ring is 1. The minimum Gasteiger partial charge on any atom is -0.497 e. The molecule has 0 unspecified atom stereocenters. The largest absolute Gasteiger partial charge is 0.497 e. The normalized spacial score (nSPS) is 10.5. The highest BCUT2D eigenvalue weighted by molar-refractivity contribution is 5.69. The quantitative estimate of drug-likeness (QED) is 0.855. The molecule has 0 atom stereocenters. The van der Waals surface area contributed by atoms with E-state index in [-0.39, 0.29) is 11.3 Å². The van der Waals surface area contributed by atoms with Crippen LogP contribution in [0.15, 0.2) is 30.3 Å². The molecule has 0 spiro atoms. The Morgan fingerprint density at radius 3 is 2.26 bits per heavy atom. The molecule has 0 aliphatic carbocycles. The highest BCUT2D eigenvalue weighted by atomic mass is 19.1. The van der Waals surface area contributed by atoms with E-state index < -0.39 is 11.6 Å². The van der Waals surface area contributed by atoms with E-state index in [9.17, 15) is 8.78 Å². The number of ether oxygens (including phenoxy) is 1. The molecule has 0 saturated heterocycles. The van der Waals surface area contributed by atoms with Crippen molar-refractivity contribution >= 4 is 5.69 Å². The topological polar surface area (TPSA) is 35.2 Å². The summed E-state index contributed by atoms with van der Waals surface area (Å²) in [5.41, 5.74) is 7.70. The smallest absolute Gasteiger partial charge is 0.137 e. The third-order valence-electron chi connectivity index (χ3n) is 3.06. The highest BCUT2D eigenvalue weighted by Gasteiger charge is 2.14. The van der Waals surface area contributed by atoms with Crippen LogP contribution in [0.25, 0.3) is 11.1 Å². The van der Waals surface area contributed by atoms with Crippen LogP contribution in [-0.2, 0) is 6.42 Å². The molecule has 100 valence electrons. The molecule has 2 aromatic rings. The van der Waals surface area contributed by atoms with E-state index in [1.54, 1.807) is 18.2 Å². The lowest BCUT2D eigenvalue weighted by molar-refractivity contribution is 0.407. The predicted octanol–water partition coefficient (Wildman–Crippen LogP) is 3.79. The van der Waals surface area contributed by atoms with Gasteiger partial charge in [0.1, 0.15) is 17.4 Å². The molecule has 2 rings (SSSR count). The Bertz CT molecular complexity index is 588. The number of halogens is 2. The standard InChI is InChI=1S/C15H15F2NO/c1-3-9-6-10(4-5-14(9)18)15-12(16)7-11(19-2)8-13(15)17/h4-8H,3,18H2,1-2H3. The van der Waals surface area contributed by atoms with Gasteiger partial charge < -0.3 is 10.5 Å². The van der Waals surface area contributed by atoms with Gasteiger partial charge >= 0.3 is 0 Å². The maximum absolute atomic E-state index is 14.0. The number of methoxy groups -OCH3 is 1. The number of nitrogens with two attached hydrogens (primary N) is 1. The van der Waals surface area contributed by atoms with Crippen molar-refractivity contribution < 1.29 is 13.5 Å². The second-order valence-corrected chi connectivity index (χ2v) is 4.23. The molecular weight excluding hydrogens is 248 g/mol. The summed E-state index contributed by atoms with van der Waals surface area (Å²) >= 11 is 0. The fourth-order valence-corrected chi connectivity index (χ4v) is 2.01. The van der Waals surface area contributed by atoms with Crippen molar-refractivity contribution in [2.75, 3.05) is 12.8 Å². The zero-order valence-corrected chi connectivity index (χ0v) is 10.8. The lowest BCUT2D eigenvalue weighted by Crippen LogP contribution is -1.96. The van der Waals surface area contributed by atoms with Crippen LogP contribution in [0.2, 0.25) is 0 Å². The monoisotopic (exact) mass is 263 g/mol. The molecule has 0 fully saturated rings. The average Bonchev–Trinajstić information content (AvgIpc) is 2.39. The van der Waals surface area contributed by atoms with Gasteiger partial charge in [0, 0.05) is 17.8 Å². The summed E-state index contributed by atoms with van der Waals surface area (Å²) in [6.07, 6.45) is 0.707. The van der Waals surface area contributed by atoms with Crippen molar-refractivity contribution in [3.63, 3.8) is 0 Å². The molecule has 4 heteroatoms. The van der Waals surface area contributed by atoms with Gasteiger partial charge in [-0.15, -0.1) is 0 Å². The Morgan fingerprint density at radius 2 is 1.74 bits per heavy atom. The molecular formula is C15H15F2NO. The second-order valence-electron chi connectivity index (χ2n) is 4.23. The zero-order valence-electron chi connectivity index (χ0n) is 10.8. The van der Waals surface area contributed by atoms with Gasteiger partial charge in [0.05, 0.1) is 12.7 Å². The first-order valence-corrected chi connectivity index (χ1v) is 5.98. The fourth-order valence-electron chi connectivity index (χ4n) is 2.01. The summed E-state index contributed by atoms with van der Waals surface area (Å²) in [7, 11) is 1.37. The fraction of sp³-hybridized carbons (Fsp3) is 0.200. The third-order valence-corrected chi connectivity index (χ3v) is 3.06. The Morgan fingerprint density at radius 1 is 1.11 bits per heavy atom. The van der Waals surface area contributed by atoms with E-state index in [1.807, 2.05) is 6.92 Å². The van der Waals surface area contributed by atoms with Crippen LogP contribution in [0.1, 0.15) is 12.5 Å². The first kappa shape index (κ1) is 13.3. The summed E-state index contributed by atoms with van der Waals surface area (Å²) in [4.78, 5) is 0. The van der Waals surface area contributed by atoms with Gasteiger partial charge in [-0.2, -0.15) is 0 Å². The number of hydrogen-bond donors (Lipinski definition) is 1. The molecule has 2 nitrogen and oxygen atoms in total. The van der Waals surface area contributed by atoms with Crippen LogP contribution in [0.5, 0.6) is 5.75 Å². The highest BCUT2D eigenvalue weighted by Crippen LogP contribution is 2.31. The predicted molar refractivity (Wildman–Crippen MR) is 72.1 cm³/mol. The minimum atomic E-state index is -0.649. The Balaban J connectivity index is 2.59. The van der Waals surface area contributed by atoms with Crippen LogP contribution < -0.4 is 10.5 Å². The van der Waals surface area contributed by atoms with Crippen molar-refractivity contribution in [1.82, 2.24) is 0 Å². The van der Waals surface area contributed by atoms with Gasteiger partial charge in [0.2, 0.25) is 0 Å². The van der Waals surface area contributed by atoms with Crippen LogP contribution in [0.3, 0.4) is 0 Å². The molecule has 0 saturated carbocycles. The van der Waals surface area contributed by atoms with Gasteiger partial charge in [0.25, 0.3) is 0 Å². The van der Waals surface area contributed by atoms with Gasteiger partial charge in [0.15, 0.2) is 0 Å². The summed E-state index contributed by atoms with van der Waals surface area (Å²) in [6.45, 7) is 1.94. The van der Waals surface area contributed by atoms with E-state index in [4.69, 9.17) is 10.5 Å². The zero-order chi connectivity index (χ0) is 14.0. The van der Waals surface area contributed by atoms with Crippen LogP contribution in [0, 0.1) is 11.6 Å². The first-order chi connectivity index (χ1) is 9.06. The number of rotatable bonds is 3. The van der Waals surface area contributed by atoms with Gasteiger partial charge in [-0.05, 0) is 29.7 Å². The van der Waals surface area contributed by atoms with Crippen molar-refractivity contribution in [2.24, 2.45) is 0 Å². The van der Waals surface area contributed by atoms with Gasteiger partial charge in [-0.25, -0.2) is 8.78 Å². The summed E-state index contributed by atoms with van der Waals surface area (Å²) < 4.78 is 32.8.